The van der Waals surface area contributed by atoms with E-state index in [0.29, 0.717) is 0 Å². The van der Waals surface area contributed by atoms with E-state index in [9.17, 15) is 0 Å². The highest BCUT2D eigenvalue weighted by atomic mass is 13.9. The van der Waals surface area contributed by atoms with Crippen LogP contribution in [-0.4, -0.2) is 0 Å². The fraction of sp³-hybridized carbons (Fsp3) is 0.100. The van der Waals surface area contributed by atoms with Crippen molar-refractivity contribution in [1.82, 2.24) is 0 Å². The van der Waals surface area contributed by atoms with Crippen LogP contribution in [0, 0.1) is 13.8 Å². The molecular weight excluding hydrogens is 240 g/mol. The second-order valence-corrected chi connectivity index (χ2v) is 4.47. The monoisotopic (exact) mass is 262 g/mol. The number of aryl methyl sites for hydroxylation is 2. The van der Waals surface area contributed by atoms with Gasteiger partial charge in [-0.05, 0) is 13.8 Å². The fourth-order valence-corrected chi connectivity index (χ4v) is 1.58. The van der Waals surface area contributed by atoms with Crippen LogP contribution in [0.2, 0.25) is 0 Å². The van der Waals surface area contributed by atoms with Gasteiger partial charge in [0, 0.05) is 0 Å². The number of benzene rings is 3. The summed E-state index contributed by atoms with van der Waals surface area (Å²) in [6.45, 7) is 4.21. The lowest BCUT2D eigenvalue weighted by molar-refractivity contribution is 1.39. The standard InChI is InChI=1S/C8H10.2C6H6/c1-7-4-3-5-8(2)6-7;2*1-2-4-6-5-3-1/h3-6H,1-2H3;2*1-6H. The van der Waals surface area contributed by atoms with E-state index < -0.39 is 0 Å². The molecule has 0 N–H and O–H groups in total. The predicted octanol–water partition coefficient (Wildman–Crippen LogP) is 5.68. The molecule has 0 radical (unpaired) electrons. The highest BCUT2D eigenvalue weighted by Gasteiger charge is 1.80. The third kappa shape index (κ3) is 8.71. The second-order valence-electron chi connectivity index (χ2n) is 4.47. The van der Waals surface area contributed by atoms with Crippen LogP contribution in [0.5, 0.6) is 0 Å². The molecule has 0 amide bonds. The molecule has 0 aromatic heterocycles. The Kier molecular flexibility index (Phi) is 8.31. The highest BCUT2D eigenvalue weighted by molar-refractivity contribution is 5.20. The Morgan fingerprint density at radius 3 is 0.800 bits per heavy atom. The maximum absolute atomic E-state index is 2.17. The van der Waals surface area contributed by atoms with Crippen molar-refractivity contribution in [2.45, 2.75) is 13.8 Å². The molecule has 0 aliphatic carbocycles. The molecule has 0 saturated carbocycles. The molecule has 0 bridgehead atoms. The van der Waals surface area contributed by atoms with E-state index in [2.05, 4.69) is 38.1 Å². The van der Waals surface area contributed by atoms with Crippen molar-refractivity contribution < 1.29 is 0 Å². The molecule has 0 aliphatic heterocycles. The Labute approximate surface area is 122 Å². The minimum Gasteiger partial charge on any atom is -0.0623 e. The SMILES string of the molecule is Cc1cccc(C)c1.c1ccccc1.c1ccccc1. The fourth-order valence-electron chi connectivity index (χ4n) is 1.58. The normalized spacial score (nSPS) is 8.50. The van der Waals surface area contributed by atoms with Gasteiger partial charge in [-0.1, -0.05) is 108 Å². The van der Waals surface area contributed by atoms with Gasteiger partial charge in [-0.25, -0.2) is 0 Å². The molecule has 0 heterocycles. The summed E-state index contributed by atoms with van der Waals surface area (Å²) in [5.74, 6) is 0. The Hall–Kier alpha value is -2.34. The van der Waals surface area contributed by atoms with Crippen LogP contribution in [-0.2, 0) is 0 Å². The molecule has 0 saturated heterocycles. The summed E-state index contributed by atoms with van der Waals surface area (Å²) in [5, 5.41) is 0. The lowest BCUT2D eigenvalue weighted by Gasteiger charge is -1.90. The zero-order valence-corrected chi connectivity index (χ0v) is 12.2. The average Bonchev–Trinajstić information content (AvgIpc) is 2.52. The zero-order chi connectivity index (χ0) is 14.5. The molecule has 102 valence electrons. The predicted molar refractivity (Wildman–Crippen MR) is 88.8 cm³/mol. The van der Waals surface area contributed by atoms with E-state index in [1.807, 2.05) is 72.8 Å². The van der Waals surface area contributed by atoms with Crippen molar-refractivity contribution in [3.63, 3.8) is 0 Å². The van der Waals surface area contributed by atoms with Crippen LogP contribution >= 0.6 is 0 Å². The summed E-state index contributed by atoms with van der Waals surface area (Å²) in [6, 6.07) is 32.4. The summed E-state index contributed by atoms with van der Waals surface area (Å²) in [7, 11) is 0. The van der Waals surface area contributed by atoms with Crippen molar-refractivity contribution in [3.05, 3.63) is 108 Å². The largest absolute Gasteiger partial charge is 0.0623 e. The van der Waals surface area contributed by atoms with Crippen molar-refractivity contribution >= 4 is 0 Å². The molecule has 0 atom stereocenters. The second kappa shape index (κ2) is 10.6. The van der Waals surface area contributed by atoms with Crippen LogP contribution in [0.3, 0.4) is 0 Å². The van der Waals surface area contributed by atoms with Crippen molar-refractivity contribution in [3.8, 4) is 0 Å². The smallest absolute Gasteiger partial charge is 0.0398 e. The van der Waals surface area contributed by atoms with Crippen LogP contribution in [0.1, 0.15) is 11.1 Å². The third-order valence-electron chi connectivity index (χ3n) is 2.51. The Morgan fingerprint density at radius 1 is 0.400 bits per heavy atom. The Bertz CT molecular complexity index is 439. The lowest BCUT2D eigenvalue weighted by Crippen LogP contribution is -1.71. The van der Waals surface area contributed by atoms with Gasteiger partial charge < -0.3 is 0 Å². The van der Waals surface area contributed by atoms with Gasteiger partial charge >= 0.3 is 0 Å². The van der Waals surface area contributed by atoms with Crippen molar-refractivity contribution in [2.24, 2.45) is 0 Å². The average molecular weight is 262 g/mol. The van der Waals surface area contributed by atoms with E-state index in [1.165, 1.54) is 11.1 Å². The van der Waals surface area contributed by atoms with Crippen LogP contribution in [0.15, 0.2) is 97.1 Å². The number of hydrogen-bond donors (Lipinski definition) is 0. The first-order valence-electron chi connectivity index (χ1n) is 6.82. The molecule has 0 nitrogen and oxygen atoms in total. The summed E-state index contributed by atoms with van der Waals surface area (Å²) < 4.78 is 0. The summed E-state index contributed by atoms with van der Waals surface area (Å²) in [4.78, 5) is 0. The lowest BCUT2D eigenvalue weighted by atomic mass is 10.2. The van der Waals surface area contributed by atoms with Gasteiger partial charge in [-0.2, -0.15) is 0 Å². The van der Waals surface area contributed by atoms with Crippen molar-refractivity contribution in [2.75, 3.05) is 0 Å². The first-order valence-corrected chi connectivity index (χ1v) is 6.82. The van der Waals surface area contributed by atoms with Gasteiger partial charge in [-0.15, -0.1) is 0 Å². The molecule has 3 aromatic carbocycles. The topological polar surface area (TPSA) is 0 Å². The van der Waals surface area contributed by atoms with Gasteiger partial charge in [0.15, 0.2) is 0 Å². The summed E-state index contributed by atoms with van der Waals surface area (Å²) >= 11 is 0. The minimum absolute atomic E-state index is 1.34. The molecular formula is C20H22. The highest BCUT2D eigenvalue weighted by Crippen LogP contribution is 2.00. The summed E-state index contributed by atoms with van der Waals surface area (Å²) in [5.41, 5.74) is 2.68. The molecule has 3 rings (SSSR count). The van der Waals surface area contributed by atoms with Crippen molar-refractivity contribution in [1.29, 1.82) is 0 Å². The molecule has 0 spiro atoms. The molecule has 0 aliphatic rings. The van der Waals surface area contributed by atoms with E-state index >= 15 is 0 Å². The Balaban J connectivity index is 0.000000152. The van der Waals surface area contributed by atoms with Crippen LogP contribution in [0.25, 0.3) is 0 Å². The molecule has 20 heavy (non-hydrogen) atoms. The molecule has 0 heteroatoms. The first-order chi connectivity index (χ1) is 9.79. The minimum atomic E-state index is 1.34. The van der Waals surface area contributed by atoms with Gasteiger partial charge in [0.05, 0.1) is 0 Å². The van der Waals surface area contributed by atoms with E-state index in [0.717, 1.165) is 0 Å². The summed E-state index contributed by atoms with van der Waals surface area (Å²) in [6.07, 6.45) is 0. The van der Waals surface area contributed by atoms with E-state index in [-0.39, 0.29) is 0 Å². The van der Waals surface area contributed by atoms with Crippen LogP contribution < -0.4 is 0 Å². The zero-order valence-electron chi connectivity index (χ0n) is 12.2. The maximum Gasteiger partial charge on any atom is -0.0398 e. The molecule has 0 fully saturated rings. The molecule has 3 aromatic rings. The number of rotatable bonds is 0. The van der Waals surface area contributed by atoms with E-state index in [4.69, 9.17) is 0 Å². The van der Waals surface area contributed by atoms with Gasteiger partial charge in [0.25, 0.3) is 0 Å². The molecule has 0 unspecified atom stereocenters. The van der Waals surface area contributed by atoms with Gasteiger partial charge in [0.2, 0.25) is 0 Å². The first kappa shape index (κ1) is 15.7. The third-order valence-corrected chi connectivity index (χ3v) is 2.51. The maximum atomic E-state index is 2.17. The number of hydrogen-bond acceptors (Lipinski definition) is 0. The quantitative estimate of drug-likeness (QED) is 0.489. The Morgan fingerprint density at radius 2 is 0.650 bits per heavy atom. The van der Waals surface area contributed by atoms with E-state index in [1.54, 1.807) is 0 Å². The van der Waals surface area contributed by atoms with Crippen LogP contribution in [0.4, 0.5) is 0 Å². The van der Waals surface area contributed by atoms with Gasteiger partial charge in [-0.3, -0.25) is 0 Å². The van der Waals surface area contributed by atoms with Gasteiger partial charge in [0.1, 0.15) is 0 Å².